The maximum atomic E-state index is 5.35. The van der Waals surface area contributed by atoms with Gasteiger partial charge in [-0.15, -0.1) is 22.7 Å². The molecule has 8 heteroatoms. The van der Waals surface area contributed by atoms with Crippen LogP contribution in [0, 0.1) is 0 Å². The van der Waals surface area contributed by atoms with Crippen LogP contribution < -0.4 is 0 Å². The summed E-state index contributed by atoms with van der Waals surface area (Å²) in [5, 5.41) is 8.28. The van der Waals surface area contributed by atoms with Gasteiger partial charge in [-0.1, -0.05) is 152 Å². The molecule has 0 saturated carbocycles. The zero-order valence-corrected chi connectivity index (χ0v) is 35.6. The molecule has 298 valence electrons. The average Bonchev–Trinajstić information content (AvgIpc) is 4.13. The van der Waals surface area contributed by atoms with E-state index < -0.39 is 0 Å². The van der Waals surface area contributed by atoms with E-state index in [1.165, 1.54) is 30.9 Å². The Morgan fingerprint density at radius 1 is 0.344 bits per heavy atom. The number of benzene rings is 8. The molecule has 6 aromatic heterocycles. The molecule has 0 aliphatic carbocycles. The van der Waals surface area contributed by atoms with E-state index in [1.54, 1.807) is 22.7 Å². The van der Waals surface area contributed by atoms with Crippen LogP contribution in [0.15, 0.2) is 182 Å². The molecule has 64 heavy (non-hydrogen) atoms. The van der Waals surface area contributed by atoms with Gasteiger partial charge in [-0.25, -0.2) is 19.9 Å². The number of aromatic amines is 2. The van der Waals surface area contributed by atoms with Gasteiger partial charge in [0.25, 0.3) is 0 Å². The van der Waals surface area contributed by atoms with Crippen molar-refractivity contribution >= 4 is 107 Å². The summed E-state index contributed by atoms with van der Waals surface area (Å²) >= 11 is 3.50. The van der Waals surface area contributed by atoms with Gasteiger partial charge in [0, 0.05) is 81.2 Å². The van der Waals surface area contributed by atoms with Crippen molar-refractivity contribution < 1.29 is 0 Å². The third kappa shape index (κ3) is 5.43. The topological polar surface area (TPSA) is 83.1 Å². The second-order valence-electron chi connectivity index (χ2n) is 16.3. The third-order valence-electron chi connectivity index (χ3n) is 12.6. The number of nitrogens with zero attached hydrogens (tertiary/aromatic N) is 4. The number of para-hydroxylation sites is 2. The molecular formula is C56H32N6S2. The highest BCUT2D eigenvalue weighted by molar-refractivity contribution is 7.27. The molecule has 0 bridgehead atoms. The van der Waals surface area contributed by atoms with Crippen molar-refractivity contribution in [1.82, 2.24) is 29.9 Å². The zero-order valence-electron chi connectivity index (χ0n) is 33.9. The minimum absolute atomic E-state index is 0.701. The van der Waals surface area contributed by atoms with E-state index >= 15 is 0 Å². The fourth-order valence-electron chi connectivity index (χ4n) is 9.54. The van der Waals surface area contributed by atoms with Gasteiger partial charge in [0.05, 0.1) is 31.8 Å². The number of thiophene rings is 2. The number of aromatic nitrogens is 6. The molecule has 14 aromatic rings. The average molecular weight is 853 g/mol. The first kappa shape index (κ1) is 35.5. The number of hydrogen-bond donors (Lipinski definition) is 2. The van der Waals surface area contributed by atoms with Crippen LogP contribution in [0.3, 0.4) is 0 Å². The van der Waals surface area contributed by atoms with Crippen molar-refractivity contribution in [2.45, 2.75) is 0 Å². The van der Waals surface area contributed by atoms with Gasteiger partial charge in [-0.05, 0) is 41.5 Å². The fourth-order valence-corrected chi connectivity index (χ4v) is 11.9. The van der Waals surface area contributed by atoms with Gasteiger partial charge in [-0.3, -0.25) is 0 Å². The summed E-state index contributed by atoms with van der Waals surface area (Å²) in [6.07, 6.45) is 0. The molecule has 0 atom stereocenters. The maximum absolute atomic E-state index is 5.35. The van der Waals surface area contributed by atoms with Crippen LogP contribution in [0.5, 0.6) is 0 Å². The van der Waals surface area contributed by atoms with Crippen molar-refractivity contribution in [3.05, 3.63) is 182 Å². The van der Waals surface area contributed by atoms with Crippen molar-refractivity contribution in [3.8, 4) is 56.4 Å². The predicted molar refractivity (Wildman–Crippen MR) is 269 cm³/mol. The third-order valence-corrected chi connectivity index (χ3v) is 14.9. The quantitative estimate of drug-likeness (QED) is 0.181. The zero-order chi connectivity index (χ0) is 41.9. The van der Waals surface area contributed by atoms with Crippen molar-refractivity contribution in [1.29, 1.82) is 0 Å². The summed E-state index contributed by atoms with van der Waals surface area (Å²) in [7, 11) is 0. The molecule has 6 heterocycles. The molecular weight excluding hydrogens is 821 g/mol. The number of rotatable bonds is 5. The Morgan fingerprint density at radius 2 is 0.969 bits per heavy atom. The minimum Gasteiger partial charge on any atom is -0.354 e. The van der Waals surface area contributed by atoms with E-state index in [2.05, 4.69) is 186 Å². The highest BCUT2D eigenvalue weighted by Crippen LogP contribution is 2.45. The Bertz CT molecular complexity index is 4180. The SMILES string of the molecule is c1ccc(-c2nc(-c3ccc(-c4cccc(-c5nc(-c6ccccc6)c6c(n5)sc5cc7c(cc56)[nH]c5ccccc57)c4)cc3)nc3c2sc2c3ccc3c4ccccc4[nH]c32)cc1. The molecule has 0 aliphatic rings. The van der Waals surface area contributed by atoms with E-state index in [9.17, 15) is 0 Å². The second-order valence-corrected chi connectivity index (χ2v) is 18.4. The summed E-state index contributed by atoms with van der Waals surface area (Å²) in [6, 6.07) is 64.2. The molecule has 0 saturated heterocycles. The van der Waals surface area contributed by atoms with E-state index in [4.69, 9.17) is 19.9 Å². The van der Waals surface area contributed by atoms with E-state index in [1.807, 2.05) is 6.07 Å². The van der Waals surface area contributed by atoms with Gasteiger partial charge in [0.1, 0.15) is 4.83 Å². The molecule has 8 aromatic carbocycles. The van der Waals surface area contributed by atoms with E-state index in [0.29, 0.717) is 11.6 Å². The van der Waals surface area contributed by atoms with Crippen LogP contribution in [-0.2, 0) is 0 Å². The van der Waals surface area contributed by atoms with Gasteiger partial charge in [-0.2, -0.15) is 0 Å². The smallest absolute Gasteiger partial charge is 0.161 e. The molecule has 0 amide bonds. The molecule has 0 fully saturated rings. The summed E-state index contributed by atoms with van der Waals surface area (Å²) in [6.45, 7) is 0. The molecule has 0 radical (unpaired) electrons. The van der Waals surface area contributed by atoms with E-state index in [-0.39, 0.29) is 0 Å². The Hall–Kier alpha value is -8.04. The number of nitrogens with one attached hydrogen (secondary N) is 2. The lowest BCUT2D eigenvalue weighted by Gasteiger charge is -2.10. The Labute approximate surface area is 373 Å². The summed E-state index contributed by atoms with van der Waals surface area (Å²) in [5.41, 5.74) is 13.6. The first-order valence-corrected chi connectivity index (χ1v) is 22.9. The van der Waals surface area contributed by atoms with Crippen LogP contribution in [0.25, 0.3) is 141 Å². The lowest BCUT2D eigenvalue weighted by atomic mass is 10.0. The lowest BCUT2D eigenvalue weighted by molar-refractivity contribution is 1.24. The van der Waals surface area contributed by atoms with Crippen LogP contribution in [0.2, 0.25) is 0 Å². The predicted octanol–water partition coefficient (Wildman–Crippen LogP) is 15.6. The molecule has 2 N–H and O–H groups in total. The Morgan fingerprint density at radius 3 is 1.77 bits per heavy atom. The van der Waals surface area contributed by atoms with Crippen LogP contribution in [-0.4, -0.2) is 29.9 Å². The lowest BCUT2D eigenvalue weighted by Crippen LogP contribution is -1.94. The molecule has 0 aliphatic heterocycles. The van der Waals surface area contributed by atoms with Gasteiger partial charge in [0.15, 0.2) is 11.6 Å². The summed E-state index contributed by atoms with van der Waals surface area (Å²) in [4.78, 5) is 29.5. The maximum Gasteiger partial charge on any atom is 0.161 e. The minimum atomic E-state index is 0.701. The van der Waals surface area contributed by atoms with Gasteiger partial charge >= 0.3 is 0 Å². The monoisotopic (exact) mass is 852 g/mol. The number of H-pyrrole nitrogens is 2. The fraction of sp³-hybridized carbons (Fsp3) is 0. The van der Waals surface area contributed by atoms with Crippen LogP contribution in [0.4, 0.5) is 0 Å². The normalized spacial score (nSPS) is 12.1. The largest absolute Gasteiger partial charge is 0.354 e. The highest BCUT2D eigenvalue weighted by Gasteiger charge is 2.21. The second kappa shape index (κ2) is 13.7. The van der Waals surface area contributed by atoms with Crippen molar-refractivity contribution in [2.75, 3.05) is 0 Å². The highest BCUT2D eigenvalue weighted by atomic mass is 32.1. The Kier molecular flexibility index (Phi) is 7.63. The van der Waals surface area contributed by atoms with E-state index in [0.717, 1.165) is 98.0 Å². The number of fused-ring (bicyclic) bond motifs is 13. The van der Waals surface area contributed by atoms with Gasteiger partial charge in [0.2, 0.25) is 0 Å². The molecule has 14 rings (SSSR count). The first-order valence-electron chi connectivity index (χ1n) is 21.3. The molecule has 0 spiro atoms. The summed E-state index contributed by atoms with van der Waals surface area (Å²) < 4.78 is 3.48. The number of hydrogen-bond acceptors (Lipinski definition) is 6. The first-order chi connectivity index (χ1) is 31.7. The Balaban J connectivity index is 0.872. The molecule has 6 nitrogen and oxygen atoms in total. The van der Waals surface area contributed by atoms with Crippen LogP contribution >= 0.6 is 22.7 Å². The van der Waals surface area contributed by atoms with Crippen molar-refractivity contribution in [3.63, 3.8) is 0 Å². The van der Waals surface area contributed by atoms with Gasteiger partial charge < -0.3 is 9.97 Å². The molecule has 0 unspecified atom stereocenters. The standard InChI is InChI=1S/C56H32N6S2/c1-3-12-32(13-4-1)48-47-42-29-45-41(38-19-8-9-20-43(38)57-45)30-46(42)63-56(47)62-55(59-48)36-17-11-16-35(28-36)31-22-24-34(25-23-31)54-60-49(33-14-5-2-6-15-33)53-51(61-54)40-27-26-39-37-18-7-10-21-44(37)58-50(39)52(40)64-53/h1-30,57-58H. The summed E-state index contributed by atoms with van der Waals surface area (Å²) in [5.74, 6) is 1.40. The van der Waals surface area contributed by atoms with Crippen molar-refractivity contribution in [2.24, 2.45) is 0 Å². The van der Waals surface area contributed by atoms with Crippen LogP contribution in [0.1, 0.15) is 0 Å².